The van der Waals surface area contributed by atoms with Crippen molar-refractivity contribution in [1.29, 1.82) is 0 Å². The van der Waals surface area contributed by atoms with Crippen LogP contribution in [0.5, 0.6) is 0 Å². The zero-order valence-corrected chi connectivity index (χ0v) is 16.3. The van der Waals surface area contributed by atoms with Crippen molar-refractivity contribution < 1.29 is 22.4 Å². The van der Waals surface area contributed by atoms with Crippen molar-refractivity contribution in [2.45, 2.75) is 17.9 Å². The number of sulfone groups is 1. The molecule has 3 rings (SSSR count). The molecule has 1 unspecified atom stereocenters. The summed E-state index contributed by atoms with van der Waals surface area (Å²) in [6.07, 6.45) is 1.10. The van der Waals surface area contributed by atoms with Crippen molar-refractivity contribution in [3.8, 4) is 0 Å². The van der Waals surface area contributed by atoms with Crippen LogP contribution in [-0.2, 0) is 14.6 Å². The van der Waals surface area contributed by atoms with E-state index in [-0.39, 0.29) is 16.5 Å². The number of ether oxygens (including phenoxy) is 1. The summed E-state index contributed by atoms with van der Waals surface area (Å²) in [4.78, 5) is 14.9. The zero-order chi connectivity index (χ0) is 19.4. The monoisotopic (exact) mass is 392 g/mol. The molecule has 1 aromatic heterocycles. The SMILES string of the molecule is Cc1ccc(C(CNC(=O)c2ccccc2S(C)(=O)=O)N2CCOCC2)o1. The Morgan fingerprint density at radius 1 is 1.19 bits per heavy atom. The van der Waals surface area contributed by atoms with Crippen LogP contribution in [0.15, 0.2) is 45.7 Å². The first-order valence-electron chi connectivity index (χ1n) is 8.81. The summed E-state index contributed by atoms with van der Waals surface area (Å²) in [6.45, 7) is 4.91. The molecule has 1 aromatic carbocycles. The first kappa shape index (κ1) is 19.6. The highest BCUT2D eigenvalue weighted by molar-refractivity contribution is 7.90. The van der Waals surface area contributed by atoms with Gasteiger partial charge in [-0.25, -0.2) is 8.42 Å². The maximum Gasteiger partial charge on any atom is 0.252 e. The van der Waals surface area contributed by atoms with Crippen LogP contribution in [0.4, 0.5) is 0 Å². The predicted molar refractivity (Wildman–Crippen MR) is 100 cm³/mol. The molecule has 0 saturated carbocycles. The molecule has 0 radical (unpaired) electrons. The molecule has 1 atom stereocenters. The molecule has 1 amide bonds. The predicted octanol–water partition coefficient (Wildman–Crippen LogP) is 1.79. The average Bonchev–Trinajstić information content (AvgIpc) is 3.08. The van der Waals surface area contributed by atoms with E-state index in [1.165, 1.54) is 12.1 Å². The molecule has 1 saturated heterocycles. The lowest BCUT2D eigenvalue weighted by molar-refractivity contribution is 0.0117. The number of carbonyl (C=O) groups excluding carboxylic acids is 1. The molecule has 8 heteroatoms. The number of amides is 1. The smallest absolute Gasteiger partial charge is 0.252 e. The van der Waals surface area contributed by atoms with Gasteiger partial charge < -0.3 is 14.5 Å². The molecule has 146 valence electrons. The third-order valence-electron chi connectivity index (χ3n) is 4.56. The molecule has 0 aliphatic carbocycles. The van der Waals surface area contributed by atoms with Crippen molar-refractivity contribution in [2.75, 3.05) is 39.1 Å². The van der Waals surface area contributed by atoms with Gasteiger partial charge in [0.2, 0.25) is 0 Å². The van der Waals surface area contributed by atoms with Gasteiger partial charge >= 0.3 is 0 Å². The van der Waals surface area contributed by atoms with Gasteiger partial charge in [0.05, 0.1) is 29.7 Å². The lowest BCUT2D eigenvalue weighted by Gasteiger charge is -2.33. The Morgan fingerprint density at radius 3 is 2.52 bits per heavy atom. The summed E-state index contributed by atoms with van der Waals surface area (Å²) in [7, 11) is -3.49. The maximum atomic E-state index is 12.7. The Kier molecular flexibility index (Phi) is 5.98. The van der Waals surface area contributed by atoms with Crippen molar-refractivity contribution >= 4 is 15.7 Å². The fourth-order valence-corrected chi connectivity index (χ4v) is 4.08. The molecule has 7 nitrogen and oxygen atoms in total. The van der Waals surface area contributed by atoms with Gasteiger partial charge in [0, 0.05) is 25.9 Å². The number of furan rings is 1. The summed E-state index contributed by atoms with van der Waals surface area (Å²) in [6, 6.07) is 9.88. The van der Waals surface area contributed by atoms with Crippen LogP contribution >= 0.6 is 0 Å². The molecule has 0 spiro atoms. The van der Waals surface area contributed by atoms with Crippen LogP contribution in [0.2, 0.25) is 0 Å². The number of hydrogen-bond acceptors (Lipinski definition) is 6. The standard InChI is InChI=1S/C19H24N2O5S/c1-14-7-8-17(26-14)16(21-9-11-25-12-10-21)13-20-19(22)15-5-3-4-6-18(15)27(2,23)24/h3-8,16H,9-13H2,1-2H3,(H,20,22). The lowest BCUT2D eigenvalue weighted by Crippen LogP contribution is -2.43. The molecular formula is C19H24N2O5S. The molecule has 0 bridgehead atoms. The molecule has 1 fully saturated rings. The Hall–Kier alpha value is -2.16. The van der Waals surface area contributed by atoms with Crippen LogP contribution in [0.1, 0.15) is 27.9 Å². The normalized spacial score (nSPS) is 16.8. The second-order valence-electron chi connectivity index (χ2n) is 6.59. The van der Waals surface area contributed by atoms with Gasteiger partial charge in [-0.1, -0.05) is 12.1 Å². The van der Waals surface area contributed by atoms with Gasteiger partial charge in [-0.2, -0.15) is 0 Å². The van der Waals surface area contributed by atoms with Gasteiger partial charge in [-0.15, -0.1) is 0 Å². The fraction of sp³-hybridized carbons (Fsp3) is 0.421. The van der Waals surface area contributed by atoms with Crippen molar-refractivity contribution in [3.63, 3.8) is 0 Å². The van der Waals surface area contributed by atoms with Gasteiger partial charge in [0.15, 0.2) is 9.84 Å². The van der Waals surface area contributed by atoms with Gasteiger partial charge in [-0.05, 0) is 31.2 Å². The fourth-order valence-electron chi connectivity index (χ4n) is 3.19. The molecule has 1 aliphatic heterocycles. The first-order valence-corrected chi connectivity index (χ1v) is 10.7. The quantitative estimate of drug-likeness (QED) is 0.806. The Balaban J connectivity index is 1.78. The van der Waals surface area contributed by atoms with Crippen molar-refractivity contribution in [2.24, 2.45) is 0 Å². The minimum Gasteiger partial charge on any atom is -0.465 e. The van der Waals surface area contributed by atoms with Crippen molar-refractivity contribution in [3.05, 3.63) is 53.5 Å². The van der Waals surface area contributed by atoms with E-state index in [9.17, 15) is 13.2 Å². The molecule has 2 aromatic rings. The molecular weight excluding hydrogens is 368 g/mol. The number of morpholine rings is 1. The number of aryl methyl sites for hydroxylation is 1. The highest BCUT2D eigenvalue weighted by Crippen LogP contribution is 2.24. The molecule has 1 aliphatic rings. The number of nitrogens with one attached hydrogen (secondary N) is 1. The largest absolute Gasteiger partial charge is 0.465 e. The first-order chi connectivity index (χ1) is 12.9. The summed E-state index contributed by atoms with van der Waals surface area (Å²) in [5, 5.41) is 2.87. The number of benzene rings is 1. The summed E-state index contributed by atoms with van der Waals surface area (Å²) < 4.78 is 35.1. The van der Waals surface area contributed by atoms with Crippen LogP contribution in [0.3, 0.4) is 0 Å². The number of nitrogens with zero attached hydrogens (tertiary/aromatic N) is 1. The minimum absolute atomic E-state index is 0.0271. The van der Waals surface area contributed by atoms with Crippen LogP contribution < -0.4 is 5.32 Å². The second kappa shape index (κ2) is 8.24. The third-order valence-corrected chi connectivity index (χ3v) is 5.72. The average molecular weight is 392 g/mol. The van der Waals surface area contributed by atoms with E-state index < -0.39 is 15.7 Å². The molecule has 1 N–H and O–H groups in total. The van der Waals surface area contributed by atoms with E-state index in [4.69, 9.17) is 9.15 Å². The lowest BCUT2D eigenvalue weighted by atomic mass is 10.1. The van der Waals surface area contributed by atoms with Crippen LogP contribution in [0.25, 0.3) is 0 Å². The highest BCUT2D eigenvalue weighted by atomic mass is 32.2. The van der Waals surface area contributed by atoms with Crippen molar-refractivity contribution in [1.82, 2.24) is 10.2 Å². The highest BCUT2D eigenvalue weighted by Gasteiger charge is 2.26. The van der Waals surface area contributed by atoms with E-state index in [2.05, 4.69) is 10.2 Å². The molecule has 2 heterocycles. The van der Waals surface area contributed by atoms with Crippen LogP contribution in [-0.4, -0.2) is 58.3 Å². The van der Waals surface area contributed by atoms with E-state index in [0.29, 0.717) is 19.8 Å². The molecule has 27 heavy (non-hydrogen) atoms. The minimum atomic E-state index is -3.49. The number of hydrogen-bond donors (Lipinski definition) is 1. The van der Waals surface area contributed by atoms with Gasteiger partial charge in [-0.3, -0.25) is 9.69 Å². The van der Waals surface area contributed by atoms with Gasteiger partial charge in [0.25, 0.3) is 5.91 Å². The van der Waals surface area contributed by atoms with E-state index in [0.717, 1.165) is 30.9 Å². The van der Waals surface area contributed by atoms with E-state index in [1.54, 1.807) is 12.1 Å². The summed E-state index contributed by atoms with van der Waals surface area (Å²) in [5.74, 6) is 1.15. The van der Waals surface area contributed by atoms with Gasteiger partial charge in [0.1, 0.15) is 11.5 Å². The number of carbonyl (C=O) groups is 1. The Labute approximate surface area is 159 Å². The Bertz CT molecular complexity index is 900. The summed E-state index contributed by atoms with van der Waals surface area (Å²) >= 11 is 0. The number of rotatable bonds is 6. The van der Waals surface area contributed by atoms with Crippen LogP contribution in [0, 0.1) is 6.92 Å². The second-order valence-corrected chi connectivity index (χ2v) is 8.58. The third kappa shape index (κ3) is 4.77. The summed E-state index contributed by atoms with van der Waals surface area (Å²) in [5.41, 5.74) is 0.149. The topological polar surface area (TPSA) is 88.9 Å². The maximum absolute atomic E-state index is 12.7. The van der Waals surface area contributed by atoms with E-state index >= 15 is 0 Å². The zero-order valence-electron chi connectivity index (χ0n) is 15.5. The Morgan fingerprint density at radius 2 is 1.89 bits per heavy atom. The van der Waals surface area contributed by atoms with E-state index in [1.807, 2.05) is 19.1 Å².